The van der Waals surface area contributed by atoms with Crippen LogP contribution in [-0.4, -0.2) is 45.8 Å². The van der Waals surface area contributed by atoms with E-state index < -0.39 is 29.0 Å². The highest BCUT2D eigenvalue weighted by atomic mass is 19.1. The van der Waals surface area contributed by atoms with E-state index in [1.165, 1.54) is 17.0 Å². The zero-order chi connectivity index (χ0) is 15.6. The summed E-state index contributed by atoms with van der Waals surface area (Å²) in [5.74, 6) is -2.34. The number of hydrogen-bond acceptors (Lipinski definition) is 3. The van der Waals surface area contributed by atoms with Gasteiger partial charge in [0.05, 0.1) is 11.3 Å². The molecule has 7 heteroatoms. The summed E-state index contributed by atoms with van der Waals surface area (Å²) in [5.41, 5.74) is -1.43. The number of carboxylic acids is 1. The number of urea groups is 1. The van der Waals surface area contributed by atoms with E-state index in [1.807, 2.05) is 0 Å². The van der Waals surface area contributed by atoms with Gasteiger partial charge in [-0.2, -0.15) is 0 Å². The fraction of sp³-hybridized carbons (Fsp3) is 0.429. The molecule has 3 N–H and O–H groups in total. The highest BCUT2D eigenvalue weighted by Gasteiger charge is 2.30. The first-order valence-electron chi connectivity index (χ1n) is 6.60. The van der Waals surface area contributed by atoms with Crippen molar-refractivity contribution in [2.45, 2.75) is 25.4 Å². The van der Waals surface area contributed by atoms with Gasteiger partial charge in [-0.1, -0.05) is 6.07 Å². The number of likely N-dealkylation sites (tertiary alicyclic amines) is 1. The fourth-order valence-electron chi connectivity index (χ4n) is 2.23. The van der Waals surface area contributed by atoms with Crippen LogP contribution in [-0.2, 0) is 0 Å². The van der Waals surface area contributed by atoms with Crippen molar-refractivity contribution in [3.63, 3.8) is 0 Å². The van der Waals surface area contributed by atoms with Crippen LogP contribution in [0.4, 0.5) is 14.9 Å². The molecule has 0 spiro atoms. The molecule has 0 unspecified atom stereocenters. The molecular formula is C14H17FN2O4. The minimum absolute atomic E-state index is 0.0789. The number of carboxylic acid groups (broad SMARTS) is 1. The molecule has 6 nitrogen and oxygen atoms in total. The Morgan fingerprint density at radius 2 is 1.95 bits per heavy atom. The van der Waals surface area contributed by atoms with Crippen molar-refractivity contribution in [3.8, 4) is 0 Å². The van der Waals surface area contributed by atoms with E-state index in [1.54, 1.807) is 6.92 Å². The van der Waals surface area contributed by atoms with E-state index in [9.17, 15) is 19.1 Å². The number of aromatic carboxylic acids is 1. The average Bonchev–Trinajstić information content (AvgIpc) is 2.38. The Bertz CT molecular complexity index is 564. The zero-order valence-electron chi connectivity index (χ0n) is 11.6. The summed E-state index contributed by atoms with van der Waals surface area (Å²) >= 11 is 0. The molecule has 0 aromatic heterocycles. The summed E-state index contributed by atoms with van der Waals surface area (Å²) in [6.07, 6.45) is 0.880. The quantitative estimate of drug-likeness (QED) is 0.777. The lowest BCUT2D eigenvalue weighted by Gasteiger charge is -2.35. The number of aliphatic hydroxyl groups is 1. The van der Waals surface area contributed by atoms with Crippen molar-refractivity contribution >= 4 is 17.7 Å². The van der Waals surface area contributed by atoms with Gasteiger partial charge in [0.1, 0.15) is 11.4 Å². The molecule has 1 heterocycles. The van der Waals surface area contributed by atoms with Crippen LogP contribution < -0.4 is 5.32 Å². The number of rotatable bonds is 2. The van der Waals surface area contributed by atoms with Crippen LogP contribution >= 0.6 is 0 Å². The molecule has 0 atom stereocenters. The van der Waals surface area contributed by atoms with E-state index in [0.29, 0.717) is 25.9 Å². The molecule has 0 radical (unpaired) electrons. The lowest BCUT2D eigenvalue weighted by atomic mass is 9.94. The lowest BCUT2D eigenvalue weighted by Crippen LogP contribution is -2.46. The van der Waals surface area contributed by atoms with Gasteiger partial charge < -0.3 is 20.4 Å². The van der Waals surface area contributed by atoms with Crippen LogP contribution in [0.15, 0.2) is 18.2 Å². The number of nitrogens with one attached hydrogen (secondary N) is 1. The van der Waals surface area contributed by atoms with E-state index in [-0.39, 0.29) is 5.69 Å². The monoisotopic (exact) mass is 296 g/mol. The van der Waals surface area contributed by atoms with Crippen molar-refractivity contribution in [1.82, 2.24) is 4.90 Å². The maximum absolute atomic E-state index is 13.5. The summed E-state index contributed by atoms with van der Waals surface area (Å²) in [6.45, 7) is 2.42. The molecule has 0 saturated carbocycles. The molecule has 1 aliphatic rings. The normalized spacial score (nSPS) is 17.4. The van der Waals surface area contributed by atoms with E-state index in [0.717, 1.165) is 6.07 Å². The van der Waals surface area contributed by atoms with Crippen molar-refractivity contribution in [2.24, 2.45) is 0 Å². The molecule has 1 aromatic rings. The van der Waals surface area contributed by atoms with Gasteiger partial charge in [-0.15, -0.1) is 0 Å². The number of halogens is 1. The van der Waals surface area contributed by atoms with Gasteiger partial charge in [-0.05, 0) is 31.9 Å². The molecule has 0 aliphatic carbocycles. The molecule has 1 fully saturated rings. The number of piperidine rings is 1. The Hall–Kier alpha value is -2.15. The zero-order valence-corrected chi connectivity index (χ0v) is 11.6. The molecule has 1 aliphatic heterocycles. The predicted octanol–water partition coefficient (Wildman–Crippen LogP) is 1.90. The van der Waals surface area contributed by atoms with Crippen molar-refractivity contribution in [3.05, 3.63) is 29.6 Å². The van der Waals surface area contributed by atoms with Gasteiger partial charge in [0.15, 0.2) is 0 Å². The molecule has 1 saturated heterocycles. The van der Waals surface area contributed by atoms with Gasteiger partial charge in [-0.25, -0.2) is 14.0 Å². The Morgan fingerprint density at radius 1 is 1.33 bits per heavy atom. The third-order valence-electron chi connectivity index (χ3n) is 3.60. The molecule has 21 heavy (non-hydrogen) atoms. The van der Waals surface area contributed by atoms with Crippen LogP contribution in [0.3, 0.4) is 0 Å². The van der Waals surface area contributed by atoms with Gasteiger partial charge >= 0.3 is 12.0 Å². The Labute approximate surface area is 121 Å². The van der Waals surface area contributed by atoms with E-state index in [4.69, 9.17) is 5.11 Å². The molecule has 1 aromatic carbocycles. The van der Waals surface area contributed by atoms with Crippen LogP contribution in [0, 0.1) is 5.82 Å². The SMILES string of the molecule is CC1(O)CCN(C(=O)Nc2cccc(F)c2C(=O)O)CC1. The largest absolute Gasteiger partial charge is 0.478 e. The Balaban J connectivity index is 2.11. The first-order chi connectivity index (χ1) is 9.80. The molecule has 114 valence electrons. The molecule has 2 rings (SSSR count). The second-order valence-electron chi connectivity index (χ2n) is 5.38. The van der Waals surface area contributed by atoms with Gasteiger partial charge in [0.25, 0.3) is 0 Å². The third kappa shape index (κ3) is 3.49. The average molecular weight is 296 g/mol. The maximum atomic E-state index is 13.5. The second kappa shape index (κ2) is 5.69. The number of nitrogens with zero attached hydrogens (tertiary/aromatic N) is 1. The number of amides is 2. The first-order valence-corrected chi connectivity index (χ1v) is 6.60. The van der Waals surface area contributed by atoms with Gasteiger partial charge in [0.2, 0.25) is 0 Å². The van der Waals surface area contributed by atoms with Crippen LogP contribution in [0.5, 0.6) is 0 Å². The Kier molecular flexibility index (Phi) is 4.13. The predicted molar refractivity (Wildman–Crippen MR) is 73.8 cm³/mol. The lowest BCUT2D eigenvalue weighted by molar-refractivity contribution is 0.00570. The highest BCUT2D eigenvalue weighted by molar-refractivity contribution is 6.00. The maximum Gasteiger partial charge on any atom is 0.340 e. The summed E-state index contributed by atoms with van der Waals surface area (Å²) < 4.78 is 13.5. The number of benzene rings is 1. The number of carbonyl (C=O) groups excluding carboxylic acids is 1. The summed E-state index contributed by atoms with van der Waals surface area (Å²) in [5, 5.41) is 21.2. The molecule has 2 amide bonds. The Morgan fingerprint density at radius 3 is 2.52 bits per heavy atom. The second-order valence-corrected chi connectivity index (χ2v) is 5.38. The fourth-order valence-corrected chi connectivity index (χ4v) is 2.23. The van der Waals surface area contributed by atoms with Crippen molar-refractivity contribution < 1.29 is 24.2 Å². The topological polar surface area (TPSA) is 89.9 Å². The van der Waals surface area contributed by atoms with Crippen molar-refractivity contribution in [1.29, 1.82) is 0 Å². The minimum Gasteiger partial charge on any atom is -0.478 e. The number of hydrogen-bond donors (Lipinski definition) is 3. The number of carbonyl (C=O) groups is 2. The van der Waals surface area contributed by atoms with Crippen LogP contribution in [0.1, 0.15) is 30.1 Å². The smallest absolute Gasteiger partial charge is 0.340 e. The summed E-state index contributed by atoms with van der Waals surface area (Å²) in [7, 11) is 0. The van der Waals surface area contributed by atoms with Crippen LogP contribution in [0.2, 0.25) is 0 Å². The number of anilines is 1. The van der Waals surface area contributed by atoms with Gasteiger partial charge in [0, 0.05) is 13.1 Å². The highest BCUT2D eigenvalue weighted by Crippen LogP contribution is 2.23. The van der Waals surface area contributed by atoms with Gasteiger partial charge in [-0.3, -0.25) is 0 Å². The van der Waals surface area contributed by atoms with Crippen molar-refractivity contribution in [2.75, 3.05) is 18.4 Å². The third-order valence-corrected chi connectivity index (χ3v) is 3.60. The standard InChI is InChI=1S/C14H17FN2O4/c1-14(21)5-7-17(8-6-14)13(20)16-10-4-2-3-9(15)11(10)12(18)19/h2-4,21H,5-8H2,1H3,(H,16,20)(H,18,19). The van der Waals surface area contributed by atoms with E-state index >= 15 is 0 Å². The minimum atomic E-state index is -1.44. The molecular weight excluding hydrogens is 279 g/mol. The van der Waals surface area contributed by atoms with Crippen LogP contribution in [0.25, 0.3) is 0 Å². The summed E-state index contributed by atoms with van der Waals surface area (Å²) in [4.78, 5) is 24.6. The summed E-state index contributed by atoms with van der Waals surface area (Å²) in [6, 6.07) is 3.19. The first kappa shape index (κ1) is 15.2. The van der Waals surface area contributed by atoms with E-state index in [2.05, 4.69) is 5.32 Å². The molecule has 0 bridgehead atoms.